The van der Waals surface area contributed by atoms with Gasteiger partial charge < -0.3 is 10.2 Å². The summed E-state index contributed by atoms with van der Waals surface area (Å²) in [7, 11) is 2.07. The van der Waals surface area contributed by atoms with E-state index in [0.29, 0.717) is 0 Å². The lowest BCUT2D eigenvalue weighted by Crippen LogP contribution is -2.29. The number of anilines is 1. The zero-order chi connectivity index (χ0) is 12.9. The number of aromatic nitrogens is 2. The lowest BCUT2D eigenvalue weighted by Gasteiger charge is -2.16. The van der Waals surface area contributed by atoms with Gasteiger partial charge in [0.1, 0.15) is 5.82 Å². The first kappa shape index (κ1) is 14.4. The van der Waals surface area contributed by atoms with Gasteiger partial charge in [-0.1, -0.05) is 27.7 Å². The first-order valence-electron chi connectivity index (χ1n) is 6.21. The first-order valence-corrected chi connectivity index (χ1v) is 6.98. The molecule has 1 aromatic heterocycles. The summed E-state index contributed by atoms with van der Waals surface area (Å²) in [5, 5.41) is 4.40. The quantitative estimate of drug-likeness (QED) is 0.793. The smallest absolute Gasteiger partial charge is 0.205 e. The van der Waals surface area contributed by atoms with E-state index in [4.69, 9.17) is 0 Å². The summed E-state index contributed by atoms with van der Waals surface area (Å²) in [5.41, 5.74) is 0.0377. The molecule has 1 heterocycles. The predicted octanol–water partition coefficient (Wildman–Crippen LogP) is 2.27. The molecule has 0 saturated heterocycles. The fourth-order valence-electron chi connectivity index (χ4n) is 1.32. The van der Waals surface area contributed by atoms with Crippen LogP contribution < -0.4 is 10.2 Å². The van der Waals surface area contributed by atoms with Gasteiger partial charge in [-0.25, -0.2) is 4.98 Å². The fourth-order valence-corrected chi connectivity index (χ4v) is 2.16. The van der Waals surface area contributed by atoms with Crippen LogP contribution in [0.25, 0.3) is 0 Å². The first-order chi connectivity index (χ1) is 7.95. The van der Waals surface area contributed by atoms with E-state index in [1.54, 1.807) is 0 Å². The summed E-state index contributed by atoms with van der Waals surface area (Å²) >= 11 is 1.49. The molecule has 1 rings (SSSR count). The Morgan fingerprint density at radius 1 is 1.29 bits per heavy atom. The van der Waals surface area contributed by atoms with Gasteiger partial charge in [-0.2, -0.15) is 4.37 Å². The van der Waals surface area contributed by atoms with Gasteiger partial charge in [0.05, 0.1) is 0 Å². The van der Waals surface area contributed by atoms with Crippen molar-refractivity contribution in [1.82, 2.24) is 14.7 Å². The summed E-state index contributed by atoms with van der Waals surface area (Å²) in [5.74, 6) is 0.936. The van der Waals surface area contributed by atoms with Gasteiger partial charge in [-0.3, -0.25) is 0 Å². The number of rotatable bonds is 6. The number of likely N-dealkylation sites (N-methyl/N-ethyl adjacent to an activating group) is 1. The van der Waals surface area contributed by atoms with Crippen LogP contribution in [0.15, 0.2) is 0 Å². The molecule has 0 unspecified atom stereocenters. The highest BCUT2D eigenvalue weighted by Gasteiger charge is 2.20. The molecule has 0 radical (unpaired) electrons. The maximum Gasteiger partial charge on any atom is 0.205 e. The molecule has 0 saturated carbocycles. The standard InChI is InChI=1S/C12H24N4S/c1-6-7-13-8-9-16(5)11-14-10(15-17-11)12(2,3)4/h13H,6-9H2,1-5H3. The number of nitrogens with zero attached hydrogens (tertiary/aromatic N) is 3. The van der Waals surface area contributed by atoms with Crippen molar-refractivity contribution in [2.45, 2.75) is 39.5 Å². The molecular formula is C12H24N4S. The van der Waals surface area contributed by atoms with Crippen LogP contribution in [0.2, 0.25) is 0 Å². The second-order valence-corrected chi connectivity index (χ2v) is 6.05. The van der Waals surface area contributed by atoms with E-state index in [1.165, 1.54) is 18.0 Å². The minimum absolute atomic E-state index is 0.0377. The minimum Gasteiger partial charge on any atom is -0.349 e. The third-order valence-corrected chi connectivity index (χ3v) is 3.29. The Morgan fingerprint density at radius 2 is 2.00 bits per heavy atom. The Morgan fingerprint density at radius 3 is 2.53 bits per heavy atom. The fraction of sp³-hybridized carbons (Fsp3) is 0.833. The van der Waals surface area contributed by atoms with Crippen molar-refractivity contribution >= 4 is 16.7 Å². The maximum atomic E-state index is 4.59. The summed E-state index contributed by atoms with van der Waals surface area (Å²) in [6.45, 7) is 11.6. The van der Waals surface area contributed by atoms with E-state index in [2.05, 4.69) is 54.3 Å². The van der Waals surface area contributed by atoms with Crippen LogP contribution in [0.5, 0.6) is 0 Å². The second kappa shape index (κ2) is 6.31. The van der Waals surface area contributed by atoms with Gasteiger partial charge in [-0.15, -0.1) is 0 Å². The molecule has 0 aliphatic carbocycles. The average Bonchev–Trinajstić information content (AvgIpc) is 2.72. The molecule has 0 amide bonds. The minimum atomic E-state index is 0.0377. The van der Waals surface area contributed by atoms with Gasteiger partial charge in [-0.05, 0) is 13.0 Å². The third kappa shape index (κ3) is 4.60. The third-order valence-electron chi connectivity index (χ3n) is 2.46. The average molecular weight is 256 g/mol. The summed E-state index contributed by atoms with van der Waals surface area (Å²) in [6, 6.07) is 0. The highest BCUT2D eigenvalue weighted by atomic mass is 32.1. The van der Waals surface area contributed by atoms with Crippen LogP contribution in [0, 0.1) is 0 Å². The molecule has 0 aromatic carbocycles. The molecule has 1 aromatic rings. The molecule has 4 nitrogen and oxygen atoms in total. The van der Waals surface area contributed by atoms with Crippen LogP contribution in [-0.4, -0.2) is 36.0 Å². The van der Waals surface area contributed by atoms with E-state index in [0.717, 1.165) is 30.6 Å². The van der Waals surface area contributed by atoms with E-state index < -0.39 is 0 Å². The van der Waals surface area contributed by atoms with Gasteiger partial charge in [0.15, 0.2) is 0 Å². The van der Waals surface area contributed by atoms with Crippen LogP contribution >= 0.6 is 11.5 Å². The molecule has 5 heteroatoms. The zero-order valence-electron chi connectivity index (χ0n) is 11.6. The van der Waals surface area contributed by atoms with Crippen LogP contribution in [0.3, 0.4) is 0 Å². The van der Waals surface area contributed by atoms with Crippen LogP contribution in [0.1, 0.15) is 39.9 Å². The molecule has 0 aliphatic rings. The van der Waals surface area contributed by atoms with Crippen molar-refractivity contribution < 1.29 is 0 Å². The van der Waals surface area contributed by atoms with Gasteiger partial charge >= 0.3 is 0 Å². The Bertz CT molecular complexity index is 329. The molecule has 0 fully saturated rings. The van der Waals surface area contributed by atoms with E-state index in [9.17, 15) is 0 Å². The number of nitrogens with one attached hydrogen (secondary N) is 1. The van der Waals surface area contributed by atoms with Crippen molar-refractivity contribution in [2.75, 3.05) is 31.6 Å². The molecular weight excluding hydrogens is 232 g/mol. The highest BCUT2D eigenvalue weighted by molar-refractivity contribution is 7.09. The van der Waals surface area contributed by atoms with Gasteiger partial charge in [0, 0.05) is 37.1 Å². The Hall–Kier alpha value is -0.680. The summed E-state index contributed by atoms with van der Waals surface area (Å²) < 4.78 is 4.42. The summed E-state index contributed by atoms with van der Waals surface area (Å²) in [4.78, 5) is 6.75. The summed E-state index contributed by atoms with van der Waals surface area (Å²) in [6.07, 6.45) is 1.18. The Balaban J connectivity index is 2.47. The Kier molecular flexibility index (Phi) is 5.33. The molecule has 0 bridgehead atoms. The molecule has 0 atom stereocenters. The van der Waals surface area contributed by atoms with Crippen molar-refractivity contribution in [1.29, 1.82) is 0 Å². The van der Waals surface area contributed by atoms with E-state index in [-0.39, 0.29) is 5.41 Å². The second-order valence-electron chi connectivity index (χ2n) is 5.32. The zero-order valence-corrected chi connectivity index (χ0v) is 12.4. The van der Waals surface area contributed by atoms with Gasteiger partial charge in [0.2, 0.25) is 5.13 Å². The van der Waals surface area contributed by atoms with Crippen molar-refractivity contribution in [3.8, 4) is 0 Å². The van der Waals surface area contributed by atoms with Gasteiger partial charge in [0.25, 0.3) is 0 Å². The van der Waals surface area contributed by atoms with E-state index >= 15 is 0 Å². The molecule has 98 valence electrons. The topological polar surface area (TPSA) is 41.0 Å². The van der Waals surface area contributed by atoms with Crippen molar-refractivity contribution in [3.63, 3.8) is 0 Å². The molecule has 0 spiro atoms. The number of hydrogen-bond acceptors (Lipinski definition) is 5. The molecule has 0 aliphatic heterocycles. The largest absolute Gasteiger partial charge is 0.349 e. The van der Waals surface area contributed by atoms with Crippen molar-refractivity contribution in [3.05, 3.63) is 5.82 Å². The lowest BCUT2D eigenvalue weighted by atomic mass is 9.96. The van der Waals surface area contributed by atoms with Crippen LogP contribution in [0.4, 0.5) is 5.13 Å². The predicted molar refractivity (Wildman–Crippen MR) is 75.0 cm³/mol. The normalized spacial score (nSPS) is 11.8. The Labute approximate surface area is 109 Å². The van der Waals surface area contributed by atoms with Crippen molar-refractivity contribution in [2.24, 2.45) is 0 Å². The number of hydrogen-bond donors (Lipinski definition) is 1. The monoisotopic (exact) mass is 256 g/mol. The maximum absolute atomic E-state index is 4.59. The molecule has 17 heavy (non-hydrogen) atoms. The lowest BCUT2D eigenvalue weighted by molar-refractivity contribution is 0.554. The molecule has 1 N–H and O–H groups in total. The van der Waals surface area contributed by atoms with E-state index in [1.807, 2.05) is 0 Å². The SMILES string of the molecule is CCCNCCN(C)c1nc(C(C)(C)C)ns1. The van der Waals surface area contributed by atoms with Crippen LogP contribution in [-0.2, 0) is 5.41 Å². The highest BCUT2D eigenvalue weighted by Crippen LogP contribution is 2.24.